The molecule has 2 rings (SSSR count). The number of allylic oxidation sites excluding steroid dienone is 3. The molecule has 0 bridgehead atoms. The van der Waals surface area contributed by atoms with Crippen LogP contribution in [0.15, 0.2) is 66.7 Å². The van der Waals surface area contributed by atoms with Gasteiger partial charge in [0.25, 0.3) is 0 Å². The number of nitriles is 2. The fourth-order valence-corrected chi connectivity index (χ4v) is 1.74. The summed E-state index contributed by atoms with van der Waals surface area (Å²) in [4.78, 5) is 0. The van der Waals surface area contributed by atoms with Crippen LogP contribution in [0.2, 0.25) is 0 Å². The topological polar surface area (TPSA) is 47.6 Å². The maximum atomic E-state index is 9.19. The quantitative estimate of drug-likeness (QED) is 0.611. The first-order chi connectivity index (χ1) is 9.83. The van der Waals surface area contributed by atoms with Crippen LogP contribution in [0, 0.1) is 22.7 Å². The van der Waals surface area contributed by atoms with E-state index in [0.29, 0.717) is 11.1 Å². The highest BCUT2D eigenvalue weighted by Crippen LogP contribution is 2.15. The lowest BCUT2D eigenvalue weighted by Crippen LogP contribution is -1.81. The maximum Gasteiger partial charge on any atom is 0.0997 e. The van der Waals surface area contributed by atoms with Crippen molar-refractivity contribution in [2.75, 3.05) is 0 Å². The van der Waals surface area contributed by atoms with Gasteiger partial charge < -0.3 is 0 Å². The smallest absolute Gasteiger partial charge is 0.0997 e. The molecule has 0 aliphatic rings. The molecule has 0 saturated carbocycles. The summed E-state index contributed by atoms with van der Waals surface area (Å²) in [6.45, 7) is 0. The predicted octanol–water partition coefficient (Wildman–Crippen LogP) is 4.18. The third-order valence-electron chi connectivity index (χ3n) is 2.80. The van der Waals surface area contributed by atoms with E-state index in [1.807, 2.05) is 42.5 Å². The highest BCUT2D eigenvalue weighted by Gasteiger charge is 1.99. The highest BCUT2D eigenvalue weighted by molar-refractivity contribution is 5.78. The van der Waals surface area contributed by atoms with Gasteiger partial charge in [0.15, 0.2) is 0 Å². The van der Waals surface area contributed by atoms with Gasteiger partial charge in [0, 0.05) is 0 Å². The second kappa shape index (κ2) is 6.73. The molecule has 0 amide bonds. The Balaban J connectivity index is 2.20. The average molecular weight is 256 g/mol. The lowest BCUT2D eigenvalue weighted by atomic mass is 10.0. The van der Waals surface area contributed by atoms with E-state index >= 15 is 0 Å². The summed E-state index contributed by atoms with van der Waals surface area (Å²) in [7, 11) is 0. The van der Waals surface area contributed by atoms with E-state index in [1.54, 1.807) is 30.3 Å². The van der Waals surface area contributed by atoms with Crippen molar-refractivity contribution in [2.24, 2.45) is 0 Å². The summed E-state index contributed by atoms with van der Waals surface area (Å²) in [6.07, 6.45) is 5.57. The summed E-state index contributed by atoms with van der Waals surface area (Å²) < 4.78 is 0. The molecule has 94 valence electrons. The molecule has 0 N–H and O–H groups in total. The Morgan fingerprint density at radius 1 is 0.900 bits per heavy atom. The zero-order valence-electron chi connectivity index (χ0n) is 10.8. The van der Waals surface area contributed by atoms with Crippen molar-refractivity contribution in [3.8, 4) is 12.1 Å². The maximum absolute atomic E-state index is 9.19. The number of hydrogen-bond donors (Lipinski definition) is 0. The van der Waals surface area contributed by atoms with E-state index in [9.17, 15) is 5.26 Å². The second-order valence-corrected chi connectivity index (χ2v) is 4.15. The van der Waals surface area contributed by atoms with E-state index < -0.39 is 0 Å². The molecule has 2 aromatic carbocycles. The Kier molecular flexibility index (Phi) is 4.49. The van der Waals surface area contributed by atoms with Crippen molar-refractivity contribution in [3.05, 3.63) is 83.4 Å². The van der Waals surface area contributed by atoms with E-state index in [2.05, 4.69) is 12.1 Å². The van der Waals surface area contributed by atoms with Crippen LogP contribution >= 0.6 is 0 Å². The fourth-order valence-electron chi connectivity index (χ4n) is 1.74. The van der Waals surface area contributed by atoms with Crippen molar-refractivity contribution in [2.45, 2.75) is 0 Å². The molecule has 0 heterocycles. The zero-order valence-corrected chi connectivity index (χ0v) is 10.8. The number of nitrogens with zero attached hydrogens (tertiary/aromatic N) is 2. The van der Waals surface area contributed by atoms with E-state index in [0.717, 1.165) is 11.1 Å². The molecule has 0 aliphatic heterocycles. The normalized spacial score (nSPS) is 11.0. The molecule has 0 spiro atoms. The second-order valence-electron chi connectivity index (χ2n) is 4.15. The summed E-state index contributed by atoms with van der Waals surface area (Å²) in [5, 5.41) is 17.9. The van der Waals surface area contributed by atoms with Gasteiger partial charge >= 0.3 is 0 Å². The Morgan fingerprint density at radius 3 is 2.20 bits per heavy atom. The third-order valence-corrected chi connectivity index (χ3v) is 2.80. The molecule has 0 saturated heterocycles. The van der Waals surface area contributed by atoms with Gasteiger partial charge in [-0.3, -0.25) is 0 Å². The number of rotatable bonds is 3. The van der Waals surface area contributed by atoms with E-state index in [-0.39, 0.29) is 0 Å². The summed E-state index contributed by atoms with van der Waals surface area (Å²) in [5.41, 5.74) is 3.05. The van der Waals surface area contributed by atoms with E-state index in [4.69, 9.17) is 5.26 Å². The molecule has 0 aliphatic carbocycles. The molecule has 2 aromatic rings. The minimum atomic E-state index is 0.571. The third kappa shape index (κ3) is 3.45. The van der Waals surface area contributed by atoms with Crippen LogP contribution in [0.1, 0.15) is 16.7 Å². The standard InChI is InChI=1S/C18H12N2/c19-13-16-9-11-17(12-10-16)18(14-20)8-4-7-15-5-2-1-3-6-15/h1-12H/b7-4+,18-8-. The molecule has 0 fully saturated rings. The number of benzene rings is 2. The van der Waals surface area contributed by atoms with Crippen molar-refractivity contribution < 1.29 is 0 Å². The zero-order chi connectivity index (χ0) is 14.2. The van der Waals surface area contributed by atoms with Gasteiger partial charge in [-0.15, -0.1) is 0 Å². The predicted molar refractivity (Wildman–Crippen MR) is 80.2 cm³/mol. The Hall–Kier alpha value is -3.10. The number of hydrogen-bond acceptors (Lipinski definition) is 2. The van der Waals surface area contributed by atoms with Crippen molar-refractivity contribution >= 4 is 11.6 Å². The van der Waals surface area contributed by atoms with Crippen LogP contribution in [0.4, 0.5) is 0 Å². The van der Waals surface area contributed by atoms with Crippen LogP contribution in [0.5, 0.6) is 0 Å². The van der Waals surface area contributed by atoms with Gasteiger partial charge in [0.05, 0.1) is 23.3 Å². The van der Waals surface area contributed by atoms with Crippen LogP contribution in [-0.4, -0.2) is 0 Å². The van der Waals surface area contributed by atoms with Gasteiger partial charge in [0.2, 0.25) is 0 Å². The monoisotopic (exact) mass is 256 g/mol. The lowest BCUT2D eigenvalue weighted by molar-refractivity contribution is 1.47. The molecule has 2 heteroatoms. The van der Waals surface area contributed by atoms with Gasteiger partial charge in [-0.25, -0.2) is 0 Å². The molecule has 2 nitrogen and oxygen atoms in total. The highest BCUT2D eigenvalue weighted by atomic mass is 14.3. The first-order valence-corrected chi connectivity index (χ1v) is 6.17. The van der Waals surface area contributed by atoms with Gasteiger partial charge in [0.1, 0.15) is 0 Å². The molecule has 20 heavy (non-hydrogen) atoms. The largest absolute Gasteiger partial charge is 0.192 e. The van der Waals surface area contributed by atoms with Crippen LogP contribution in [0.3, 0.4) is 0 Å². The summed E-state index contributed by atoms with van der Waals surface area (Å²) >= 11 is 0. The fraction of sp³-hybridized carbons (Fsp3) is 0. The Bertz CT molecular complexity index is 709. The Labute approximate surface area is 118 Å². The average Bonchev–Trinajstić information content (AvgIpc) is 2.53. The van der Waals surface area contributed by atoms with Crippen LogP contribution < -0.4 is 0 Å². The minimum absolute atomic E-state index is 0.571. The molecular weight excluding hydrogens is 244 g/mol. The van der Waals surface area contributed by atoms with Crippen molar-refractivity contribution in [1.82, 2.24) is 0 Å². The molecule has 0 aromatic heterocycles. The van der Waals surface area contributed by atoms with E-state index in [1.165, 1.54) is 0 Å². The Morgan fingerprint density at radius 2 is 1.60 bits per heavy atom. The minimum Gasteiger partial charge on any atom is -0.192 e. The van der Waals surface area contributed by atoms with Crippen molar-refractivity contribution in [1.29, 1.82) is 10.5 Å². The molecular formula is C18H12N2. The first kappa shape index (κ1) is 13.3. The first-order valence-electron chi connectivity index (χ1n) is 6.17. The van der Waals surface area contributed by atoms with Crippen LogP contribution in [0.25, 0.3) is 11.6 Å². The lowest BCUT2D eigenvalue weighted by Gasteiger charge is -1.97. The van der Waals surface area contributed by atoms with Crippen molar-refractivity contribution in [3.63, 3.8) is 0 Å². The molecule has 0 radical (unpaired) electrons. The molecule has 0 atom stereocenters. The molecule has 0 unspecified atom stereocenters. The summed E-state index contributed by atoms with van der Waals surface area (Å²) in [5.74, 6) is 0. The van der Waals surface area contributed by atoms with Gasteiger partial charge in [-0.05, 0) is 29.3 Å². The van der Waals surface area contributed by atoms with Gasteiger partial charge in [-0.1, -0.05) is 54.6 Å². The van der Waals surface area contributed by atoms with Gasteiger partial charge in [-0.2, -0.15) is 10.5 Å². The SMILES string of the molecule is N#C/C(=C/C=C/c1ccccc1)c1ccc(C#N)cc1. The van der Waals surface area contributed by atoms with Crippen LogP contribution in [-0.2, 0) is 0 Å². The summed E-state index contributed by atoms with van der Waals surface area (Å²) in [6, 6.07) is 21.1.